The first-order valence-corrected chi connectivity index (χ1v) is 13.7. The lowest BCUT2D eigenvalue weighted by molar-refractivity contribution is -0.121. The van der Waals surface area contributed by atoms with E-state index in [1.807, 2.05) is 26.8 Å². The molecule has 0 unspecified atom stereocenters. The Kier molecular flexibility index (Phi) is 9.09. The number of carbonyl (C=O) groups excluding carboxylic acids is 3. The summed E-state index contributed by atoms with van der Waals surface area (Å²) in [6, 6.07) is 3.12. The van der Waals surface area contributed by atoms with Crippen molar-refractivity contribution in [3.05, 3.63) is 34.2 Å². The number of hydrogen-bond acceptors (Lipinski definition) is 7. The summed E-state index contributed by atoms with van der Waals surface area (Å²) in [5.41, 5.74) is -0.0435. The standard InChI is InChI=1S/C27H41N5O6/c1-27(2,3)38-26(36)31-14-8-22(9-15-31)37-21-6-12-29(13-7-21)17-18-30-11-4-5-20(24(30)34)19-32-16-10-23(33)28-25(32)35/h4-5,11,21-22H,6-10,12-19H2,1-3H3,(H,28,33,35). The van der Waals surface area contributed by atoms with Gasteiger partial charge in [0.15, 0.2) is 0 Å². The third-order valence-corrected chi connectivity index (χ3v) is 7.27. The van der Waals surface area contributed by atoms with Gasteiger partial charge in [0, 0.05) is 64.0 Å². The Bertz CT molecular complexity index is 1050. The third kappa shape index (κ3) is 7.80. The molecular weight excluding hydrogens is 490 g/mol. The van der Waals surface area contributed by atoms with Crippen molar-refractivity contribution in [2.45, 2.75) is 83.8 Å². The van der Waals surface area contributed by atoms with Crippen LogP contribution in [0.5, 0.6) is 0 Å². The summed E-state index contributed by atoms with van der Waals surface area (Å²) in [6.45, 7) is 10.6. The van der Waals surface area contributed by atoms with Gasteiger partial charge in [-0.1, -0.05) is 6.07 Å². The summed E-state index contributed by atoms with van der Waals surface area (Å²) in [4.78, 5) is 54.2. The predicted octanol–water partition coefficient (Wildman–Crippen LogP) is 2.17. The van der Waals surface area contributed by atoms with Gasteiger partial charge < -0.3 is 28.7 Å². The number of nitrogens with zero attached hydrogens (tertiary/aromatic N) is 4. The highest BCUT2D eigenvalue weighted by molar-refractivity contribution is 5.96. The summed E-state index contributed by atoms with van der Waals surface area (Å²) in [6.07, 6.45) is 5.73. The van der Waals surface area contributed by atoms with Crippen LogP contribution >= 0.6 is 0 Å². The van der Waals surface area contributed by atoms with Crippen molar-refractivity contribution in [1.29, 1.82) is 0 Å². The van der Waals surface area contributed by atoms with E-state index in [1.54, 1.807) is 21.7 Å². The Balaban J connectivity index is 1.17. The largest absolute Gasteiger partial charge is 0.444 e. The number of aromatic nitrogens is 1. The Labute approximate surface area is 224 Å². The number of urea groups is 1. The summed E-state index contributed by atoms with van der Waals surface area (Å²) in [5, 5.41) is 2.30. The highest BCUT2D eigenvalue weighted by atomic mass is 16.6. The first kappa shape index (κ1) is 28.1. The van der Waals surface area contributed by atoms with E-state index in [9.17, 15) is 19.2 Å². The topological polar surface area (TPSA) is 113 Å². The Hall–Kier alpha value is -2.92. The van der Waals surface area contributed by atoms with Crippen molar-refractivity contribution in [2.75, 3.05) is 39.3 Å². The molecular formula is C27H41N5O6. The summed E-state index contributed by atoms with van der Waals surface area (Å²) in [7, 11) is 0. The van der Waals surface area contributed by atoms with Crippen LogP contribution in [0.4, 0.5) is 9.59 Å². The van der Waals surface area contributed by atoms with E-state index in [0.29, 0.717) is 31.7 Å². The van der Waals surface area contributed by atoms with Gasteiger partial charge in [0.2, 0.25) is 5.91 Å². The Morgan fingerprint density at radius 3 is 2.26 bits per heavy atom. The van der Waals surface area contributed by atoms with Crippen LogP contribution in [0, 0.1) is 0 Å². The van der Waals surface area contributed by atoms with E-state index in [0.717, 1.165) is 45.3 Å². The number of ether oxygens (including phenoxy) is 2. The van der Waals surface area contributed by atoms with E-state index in [-0.39, 0.29) is 42.7 Å². The number of amides is 4. The fourth-order valence-electron chi connectivity index (χ4n) is 5.13. The van der Waals surface area contributed by atoms with Gasteiger partial charge in [0.25, 0.3) is 5.56 Å². The van der Waals surface area contributed by atoms with Crippen molar-refractivity contribution in [3.8, 4) is 0 Å². The van der Waals surface area contributed by atoms with Gasteiger partial charge in [-0.25, -0.2) is 9.59 Å². The second-order valence-electron chi connectivity index (χ2n) is 11.4. The van der Waals surface area contributed by atoms with Crippen LogP contribution in [0.3, 0.4) is 0 Å². The van der Waals surface area contributed by atoms with Crippen molar-refractivity contribution in [1.82, 2.24) is 24.6 Å². The summed E-state index contributed by atoms with van der Waals surface area (Å²) < 4.78 is 13.5. The van der Waals surface area contributed by atoms with Gasteiger partial charge in [-0.3, -0.25) is 14.9 Å². The minimum Gasteiger partial charge on any atom is -0.444 e. The van der Waals surface area contributed by atoms with Gasteiger partial charge >= 0.3 is 12.1 Å². The SMILES string of the molecule is CC(C)(C)OC(=O)N1CCC(OC2CCN(CCn3cccc(CN4CCC(=O)NC4=O)c3=O)CC2)CC1. The number of hydrogen-bond donors (Lipinski definition) is 1. The quantitative estimate of drug-likeness (QED) is 0.574. The fraction of sp³-hybridized carbons (Fsp3) is 0.704. The molecule has 1 N–H and O–H groups in total. The Morgan fingerprint density at radius 1 is 0.974 bits per heavy atom. The maximum atomic E-state index is 13.0. The van der Waals surface area contributed by atoms with Gasteiger partial charge in [0.05, 0.1) is 18.8 Å². The minimum absolute atomic E-state index is 0.104. The molecule has 3 aliphatic heterocycles. The smallest absolute Gasteiger partial charge is 0.410 e. The molecule has 0 spiro atoms. The monoisotopic (exact) mass is 531 g/mol. The van der Waals surface area contributed by atoms with Gasteiger partial charge in [0.1, 0.15) is 5.60 Å². The molecule has 0 bridgehead atoms. The molecule has 0 aliphatic carbocycles. The molecule has 0 atom stereocenters. The number of carbonyl (C=O) groups is 3. The zero-order valence-corrected chi connectivity index (χ0v) is 22.8. The first-order valence-electron chi connectivity index (χ1n) is 13.7. The second kappa shape index (κ2) is 12.3. The van der Waals surface area contributed by atoms with Crippen LogP contribution in [0.15, 0.2) is 23.1 Å². The molecule has 210 valence electrons. The first-order chi connectivity index (χ1) is 18.1. The molecule has 4 amide bonds. The van der Waals surface area contributed by atoms with Gasteiger partial charge in [-0.15, -0.1) is 0 Å². The fourth-order valence-corrected chi connectivity index (χ4v) is 5.13. The molecule has 38 heavy (non-hydrogen) atoms. The number of nitrogens with one attached hydrogen (secondary N) is 1. The normalized spacial score (nSPS) is 20.5. The summed E-state index contributed by atoms with van der Waals surface area (Å²) in [5.74, 6) is -0.283. The number of pyridine rings is 1. The molecule has 11 nitrogen and oxygen atoms in total. The van der Waals surface area contributed by atoms with E-state index in [1.165, 1.54) is 4.90 Å². The molecule has 3 fully saturated rings. The van der Waals surface area contributed by atoms with Crippen LogP contribution in [0.25, 0.3) is 0 Å². The number of likely N-dealkylation sites (tertiary alicyclic amines) is 2. The zero-order valence-electron chi connectivity index (χ0n) is 22.8. The maximum Gasteiger partial charge on any atom is 0.410 e. The number of rotatable bonds is 7. The van der Waals surface area contributed by atoms with Gasteiger partial charge in [-0.05, 0) is 52.5 Å². The van der Waals surface area contributed by atoms with Crippen LogP contribution in [0.1, 0.15) is 58.4 Å². The van der Waals surface area contributed by atoms with Crippen LogP contribution in [0.2, 0.25) is 0 Å². The van der Waals surface area contributed by atoms with Crippen molar-refractivity contribution in [2.24, 2.45) is 0 Å². The summed E-state index contributed by atoms with van der Waals surface area (Å²) >= 11 is 0. The van der Waals surface area contributed by atoms with E-state index >= 15 is 0 Å². The highest BCUT2D eigenvalue weighted by Gasteiger charge is 2.30. The average molecular weight is 532 g/mol. The molecule has 11 heteroatoms. The average Bonchev–Trinajstić information content (AvgIpc) is 2.86. The van der Waals surface area contributed by atoms with Crippen molar-refractivity contribution in [3.63, 3.8) is 0 Å². The molecule has 0 saturated carbocycles. The lowest BCUT2D eigenvalue weighted by Crippen LogP contribution is -2.49. The molecule has 3 aliphatic rings. The maximum absolute atomic E-state index is 13.0. The van der Waals surface area contributed by atoms with E-state index in [4.69, 9.17) is 9.47 Å². The van der Waals surface area contributed by atoms with E-state index < -0.39 is 11.6 Å². The van der Waals surface area contributed by atoms with E-state index in [2.05, 4.69) is 10.2 Å². The Morgan fingerprint density at radius 2 is 1.63 bits per heavy atom. The highest BCUT2D eigenvalue weighted by Crippen LogP contribution is 2.22. The van der Waals surface area contributed by atoms with Gasteiger partial charge in [-0.2, -0.15) is 0 Å². The van der Waals surface area contributed by atoms with Crippen LogP contribution < -0.4 is 10.9 Å². The van der Waals surface area contributed by atoms with Crippen LogP contribution in [-0.4, -0.2) is 94.4 Å². The second-order valence-corrected chi connectivity index (χ2v) is 11.4. The molecule has 0 aromatic carbocycles. The molecule has 0 radical (unpaired) electrons. The minimum atomic E-state index is -0.483. The van der Waals surface area contributed by atoms with Crippen LogP contribution in [-0.2, 0) is 27.4 Å². The predicted molar refractivity (Wildman–Crippen MR) is 141 cm³/mol. The third-order valence-electron chi connectivity index (χ3n) is 7.27. The zero-order chi connectivity index (χ0) is 27.3. The van der Waals surface area contributed by atoms with Crippen molar-refractivity contribution < 1.29 is 23.9 Å². The van der Waals surface area contributed by atoms with Crippen molar-refractivity contribution >= 4 is 18.0 Å². The molecule has 4 heterocycles. The molecule has 1 aromatic heterocycles. The molecule has 4 rings (SSSR count). The number of piperidine rings is 2. The number of imide groups is 1. The molecule has 3 saturated heterocycles. The lowest BCUT2D eigenvalue weighted by Gasteiger charge is -2.37. The molecule has 1 aromatic rings. The lowest BCUT2D eigenvalue weighted by atomic mass is 10.0.